The van der Waals surface area contributed by atoms with Gasteiger partial charge in [0.1, 0.15) is 6.61 Å². The molecule has 1 fully saturated rings. The normalized spacial score (nSPS) is 34.3. The van der Waals surface area contributed by atoms with Gasteiger partial charge in [0.15, 0.2) is 0 Å². The molecule has 2 heterocycles. The van der Waals surface area contributed by atoms with Crippen molar-refractivity contribution in [1.82, 2.24) is 4.90 Å². The quantitative estimate of drug-likeness (QED) is 0.531. The molecule has 11 heavy (non-hydrogen) atoms. The van der Waals surface area contributed by atoms with Crippen LogP contribution in [-0.4, -0.2) is 41.4 Å². The number of carbonyl (C=O) groups excluding carboxylic acids is 1. The van der Waals surface area contributed by atoms with Crippen molar-refractivity contribution >= 4 is 6.09 Å². The molecule has 2 rings (SSSR count). The molecular weight excluding hydrogens is 146 g/mol. The third kappa shape index (κ3) is 0.826. The summed E-state index contributed by atoms with van der Waals surface area (Å²) in [5, 5.41) is 8.83. The summed E-state index contributed by atoms with van der Waals surface area (Å²) in [6, 6.07) is -0.116. The summed E-state index contributed by atoms with van der Waals surface area (Å²) >= 11 is 0. The molecule has 2 aliphatic heterocycles. The Kier molecular flexibility index (Phi) is 1.35. The number of nitrogens with zero attached hydrogens (tertiary/aromatic N) is 1. The second-order valence-electron chi connectivity index (χ2n) is 2.69. The predicted molar refractivity (Wildman–Crippen MR) is 37.0 cm³/mol. The number of aliphatic hydroxyl groups is 1. The fraction of sp³-hybridized carbons (Fsp3) is 0.571. The Balaban J connectivity index is 2.19. The van der Waals surface area contributed by atoms with Crippen LogP contribution in [0.15, 0.2) is 12.2 Å². The lowest BCUT2D eigenvalue weighted by Gasteiger charge is -2.18. The van der Waals surface area contributed by atoms with E-state index in [1.165, 1.54) is 0 Å². The molecule has 1 saturated heterocycles. The van der Waals surface area contributed by atoms with E-state index in [0.29, 0.717) is 6.61 Å². The first-order chi connectivity index (χ1) is 5.33. The van der Waals surface area contributed by atoms with E-state index in [1.807, 2.05) is 12.2 Å². The number of hydrogen-bond acceptors (Lipinski definition) is 3. The Morgan fingerprint density at radius 1 is 1.73 bits per heavy atom. The van der Waals surface area contributed by atoms with Crippen LogP contribution < -0.4 is 0 Å². The largest absolute Gasteiger partial charge is 0.447 e. The molecule has 1 amide bonds. The lowest BCUT2D eigenvalue weighted by atomic mass is 10.3. The third-order valence-electron chi connectivity index (χ3n) is 2.05. The highest BCUT2D eigenvalue weighted by molar-refractivity contribution is 5.72. The molecule has 0 aliphatic carbocycles. The van der Waals surface area contributed by atoms with Crippen LogP contribution in [-0.2, 0) is 4.74 Å². The van der Waals surface area contributed by atoms with Crippen LogP contribution in [0.2, 0.25) is 0 Å². The van der Waals surface area contributed by atoms with Crippen molar-refractivity contribution < 1.29 is 14.6 Å². The Morgan fingerprint density at radius 3 is 3.27 bits per heavy atom. The molecule has 4 nitrogen and oxygen atoms in total. The van der Waals surface area contributed by atoms with Gasteiger partial charge in [0.2, 0.25) is 0 Å². The SMILES string of the molecule is O=C1OCC2C=CC(CO)N12. The van der Waals surface area contributed by atoms with Crippen LogP contribution >= 0.6 is 0 Å². The van der Waals surface area contributed by atoms with Gasteiger partial charge in [0, 0.05) is 0 Å². The molecule has 4 heteroatoms. The Morgan fingerprint density at radius 2 is 2.55 bits per heavy atom. The summed E-state index contributed by atoms with van der Waals surface area (Å²) in [4.78, 5) is 12.5. The van der Waals surface area contributed by atoms with Crippen molar-refractivity contribution in [3.05, 3.63) is 12.2 Å². The standard InChI is InChI=1S/C7H9NO3/c9-3-5-1-2-6-4-11-7(10)8(5)6/h1-2,5-6,9H,3-4H2. The van der Waals surface area contributed by atoms with E-state index in [-0.39, 0.29) is 24.8 Å². The monoisotopic (exact) mass is 155 g/mol. The minimum atomic E-state index is -0.320. The zero-order valence-electron chi connectivity index (χ0n) is 5.93. The van der Waals surface area contributed by atoms with Crippen LogP contribution in [0.25, 0.3) is 0 Å². The number of amides is 1. The van der Waals surface area contributed by atoms with Crippen LogP contribution in [0.1, 0.15) is 0 Å². The molecule has 2 atom stereocenters. The number of fused-ring (bicyclic) bond motifs is 1. The molecule has 0 aromatic rings. The molecule has 0 aromatic heterocycles. The smallest absolute Gasteiger partial charge is 0.411 e. The summed E-state index contributed by atoms with van der Waals surface area (Å²) in [5.41, 5.74) is 0. The first kappa shape index (κ1) is 6.67. The van der Waals surface area contributed by atoms with Gasteiger partial charge >= 0.3 is 6.09 Å². The molecule has 60 valence electrons. The predicted octanol–water partition coefficient (Wildman–Crippen LogP) is -0.262. The first-order valence-electron chi connectivity index (χ1n) is 3.57. The Bertz CT molecular complexity index is 214. The van der Waals surface area contributed by atoms with E-state index in [4.69, 9.17) is 9.84 Å². The van der Waals surface area contributed by atoms with Crippen LogP contribution in [0, 0.1) is 0 Å². The molecule has 2 unspecified atom stereocenters. The van der Waals surface area contributed by atoms with Gasteiger partial charge in [-0.3, -0.25) is 4.90 Å². The number of ether oxygens (including phenoxy) is 1. The molecular formula is C7H9NO3. The first-order valence-corrected chi connectivity index (χ1v) is 3.57. The zero-order chi connectivity index (χ0) is 7.84. The number of carbonyl (C=O) groups is 1. The van der Waals surface area contributed by atoms with Crippen molar-refractivity contribution in [2.45, 2.75) is 12.1 Å². The van der Waals surface area contributed by atoms with E-state index >= 15 is 0 Å². The van der Waals surface area contributed by atoms with Gasteiger partial charge in [-0.1, -0.05) is 12.2 Å². The van der Waals surface area contributed by atoms with Gasteiger partial charge < -0.3 is 9.84 Å². The average molecular weight is 155 g/mol. The van der Waals surface area contributed by atoms with Gasteiger partial charge in [0.05, 0.1) is 18.7 Å². The third-order valence-corrected chi connectivity index (χ3v) is 2.05. The Labute approximate surface area is 64.1 Å². The van der Waals surface area contributed by atoms with Crippen molar-refractivity contribution in [1.29, 1.82) is 0 Å². The number of rotatable bonds is 1. The fourth-order valence-electron chi connectivity index (χ4n) is 1.47. The van der Waals surface area contributed by atoms with Gasteiger partial charge in [-0.2, -0.15) is 0 Å². The molecule has 0 aromatic carbocycles. The molecule has 2 aliphatic rings. The fourth-order valence-corrected chi connectivity index (χ4v) is 1.47. The van der Waals surface area contributed by atoms with Crippen molar-refractivity contribution in [2.75, 3.05) is 13.2 Å². The minimum absolute atomic E-state index is 0.0257. The average Bonchev–Trinajstić information content (AvgIpc) is 2.54. The number of cyclic esters (lactones) is 1. The van der Waals surface area contributed by atoms with Gasteiger partial charge in [-0.05, 0) is 0 Å². The van der Waals surface area contributed by atoms with Gasteiger partial charge in [0.25, 0.3) is 0 Å². The Hall–Kier alpha value is -1.03. The lowest BCUT2D eigenvalue weighted by Crippen LogP contribution is -2.37. The zero-order valence-corrected chi connectivity index (χ0v) is 5.93. The second kappa shape index (κ2) is 2.23. The molecule has 0 saturated carbocycles. The topological polar surface area (TPSA) is 49.8 Å². The minimum Gasteiger partial charge on any atom is -0.447 e. The lowest BCUT2D eigenvalue weighted by molar-refractivity contribution is 0.138. The highest BCUT2D eigenvalue weighted by atomic mass is 16.6. The number of hydrogen-bond donors (Lipinski definition) is 1. The van der Waals surface area contributed by atoms with Crippen molar-refractivity contribution in [3.63, 3.8) is 0 Å². The summed E-state index contributed by atoms with van der Waals surface area (Å²) in [7, 11) is 0. The van der Waals surface area contributed by atoms with Crippen LogP contribution in [0.4, 0.5) is 4.79 Å². The van der Waals surface area contributed by atoms with Crippen molar-refractivity contribution in [2.24, 2.45) is 0 Å². The van der Waals surface area contributed by atoms with E-state index in [0.717, 1.165) is 0 Å². The summed E-state index contributed by atoms with van der Waals surface area (Å²) in [5.74, 6) is 0. The highest BCUT2D eigenvalue weighted by Gasteiger charge is 2.39. The summed E-state index contributed by atoms with van der Waals surface area (Å²) in [6.45, 7) is 0.397. The maximum Gasteiger partial charge on any atom is 0.411 e. The molecule has 1 N–H and O–H groups in total. The van der Waals surface area contributed by atoms with E-state index < -0.39 is 0 Å². The molecule has 0 radical (unpaired) electrons. The van der Waals surface area contributed by atoms with Crippen LogP contribution in [0.3, 0.4) is 0 Å². The maximum atomic E-state index is 11.0. The maximum absolute atomic E-state index is 11.0. The number of aliphatic hydroxyl groups excluding tert-OH is 1. The highest BCUT2D eigenvalue weighted by Crippen LogP contribution is 2.23. The van der Waals surface area contributed by atoms with Gasteiger partial charge in [-0.15, -0.1) is 0 Å². The van der Waals surface area contributed by atoms with E-state index in [2.05, 4.69) is 0 Å². The summed E-state index contributed by atoms with van der Waals surface area (Å²) in [6.07, 6.45) is 3.41. The van der Waals surface area contributed by atoms with Crippen LogP contribution in [0.5, 0.6) is 0 Å². The van der Waals surface area contributed by atoms with Crippen molar-refractivity contribution in [3.8, 4) is 0 Å². The molecule has 0 bridgehead atoms. The molecule has 0 spiro atoms. The summed E-state index contributed by atoms with van der Waals surface area (Å²) < 4.78 is 4.78. The second-order valence-corrected chi connectivity index (χ2v) is 2.69. The van der Waals surface area contributed by atoms with Gasteiger partial charge in [-0.25, -0.2) is 4.79 Å². The van der Waals surface area contributed by atoms with E-state index in [1.54, 1.807) is 4.90 Å². The van der Waals surface area contributed by atoms with E-state index in [9.17, 15) is 4.79 Å².